The standard InChI is InChI=1S/C9H7F5N2O3/c10-7(11)3-1-5(19-9(12,13)14)16-6(8(17)18)4(3)2-15/h1,7H,2,15H2,(H,17,18). The SMILES string of the molecule is NCc1c(C(F)F)cc(OC(F)(F)F)nc1C(=O)O. The molecule has 0 fully saturated rings. The Morgan fingerprint density at radius 1 is 1.47 bits per heavy atom. The van der Waals surface area contributed by atoms with Crippen LogP contribution in [-0.4, -0.2) is 22.4 Å². The normalized spacial score (nSPS) is 11.7. The number of aromatic carboxylic acids is 1. The first-order chi connectivity index (χ1) is 8.65. The van der Waals surface area contributed by atoms with Crippen molar-refractivity contribution in [1.82, 2.24) is 4.98 Å². The highest BCUT2D eigenvalue weighted by Gasteiger charge is 2.33. The first-order valence-electron chi connectivity index (χ1n) is 4.66. The molecular formula is C9H7F5N2O3. The molecule has 5 nitrogen and oxygen atoms in total. The third-order valence-electron chi connectivity index (χ3n) is 2.00. The second kappa shape index (κ2) is 5.34. The van der Waals surface area contributed by atoms with Crippen LogP contribution in [0.15, 0.2) is 6.07 Å². The second-order valence-corrected chi connectivity index (χ2v) is 3.23. The number of carbonyl (C=O) groups is 1. The monoisotopic (exact) mass is 286 g/mol. The predicted molar refractivity (Wildman–Crippen MR) is 50.7 cm³/mol. The number of rotatable bonds is 4. The molecule has 0 unspecified atom stereocenters. The number of pyridine rings is 1. The number of halogens is 5. The van der Waals surface area contributed by atoms with Crippen LogP contribution in [0.2, 0.25) is 0 Å². The zero-order valence-corrected chi connectivity index (χ0v) is 9.04. The Hall–Kier alpha value is -1.97. The van der Waals surface area contributed by atoms with Crippen molar-refractivity contribution in [3.05, 3.63) is 22.9 Å². The van der Waals surface area contributed by atoms with Gasteiger partial charge in [0.2, 0.25) is 5.88 Å². The van der Waals surface area contributed by atoms with Gasteiger partial charge >= 0.3 is 12.3 Å². The van der Waals surface area contributed by atoms with Crippen molar-refractivity contribution in [1.29, 1.82) is 0 Å². The van der Waals surface area contributed by atoms with E-state index in [4.69, 9.17) is 10.8 Å². The van der Waals surface area contributed by atoms with Gasteiger partial charge < -0.3 is 15.6 Å². The molecule has 0 radical (unpaired) electrons. The molecule has 0 aliphatic carbocycles. The molecule has 1 rings (SSSR count). The van der Waals surface area contributed by atoms with Gasteiger partial charge in [-0.25, -0.2) is 18.6 Å². The lowest BCUT2D eigenvalue weighted by atomic mass is 10.1. The number of hydrogen-bond donors (Lipinski definition) is 2. The van der Waals surface area contributed by atoms with E-state index in [2.05, 4.69) is 9.72 Å². The fourth-order valence-corrected chi connectivity index (χ4v) is 1.32. The molecule has 19 heavy (non-hydrogen) atoms. The van der Waals surface area contributed by atoms with Crippen LogP contribution in [0.4, 0.5) is 22.0 Å². The van der Waals surface area contributed by atoms with E-state index in [-0.39, 0.29) is 0 Å². The Morgan fingerprint density at radius 3 is 2.42 bits per heavy atom. The molecule has 1 heterocycles. The number of ether oxygens (including phenoxy) is 1. The maximum atomic E-state index is 12.7. The van der Waals surface area contributed by atoms with Gasteiger partial charge in [0.15, 0.2) is 5.69 Å². The van der Waals surface area contributed by atoms with Crippen LogP contribution in [0, 0.1) is 0 Å². The highest BCUT2D eigenvalue weighted by molar-refractivity contribution is 5.87. The molecular weight excluding hydrogens is 279 g/mol. The Morgan fingerprint density at radius 2 is 2.05 bits per heavy atom. The number of carboxylic acids is 1. The molecule has 0 spiro atoms. The van der Waals surface area contributed by atoms with Crippen LogP contribution in [0.3, 0.4) is 0 Å². The Kier molecular flexibility index (Phi) is 4.24. The Bertz CT molecular complexity index is 489. The predicted octanol–water partition coefficient (Wildman–Crippen LogP) is 2.07. The summed E-state index contributed by atoms with van der Waals surface area (Å²) >= 11 is 0. The minimum absolute atomic E-state index is 0.312. The van der Waals surface area contributed by atoms with Gasteiger partial charge in [0, 0.05) is 23.7 Å². The van der Waals surface area contributed by atoms with Crippen molar-refractivity contribution in [2.24, 2.45) is 5.73 Å². The van der Waals surface area contributed by atoms with E-state index in [1.807, 2.05) is 0 Å². The summed E-state index contributed by atoms with van der Waals surface area (Å²) in [7, 11) is 0. The highest BCUT2D eigenvalue weighted by atomic mass is 19.4. The topological polar surface area (TPSA) is 85.4 Å². The molecule has 0 atom stereocenters. The Labute approximate surface area is 102 Å². The fourth-order valence-electron chi connectivity index (χ4n) is 1.32. The second-order valence-electron chi connectivity index (χ2n) is 3.23. The van der Waals surface area contributed by atoms with E-state index in [0.717, 1.165) is 0 Å². The average molecular weight is 286 g/mol. The van der Waals surface area contributed by atoms with Crippen LogP contribution in [-0.2, 0) is 6.54 Å². The molecule has 1 aromatic rings. The molecule has 0 bridgehead atoms. The van der Waals surface area contributed by atoms with Crippen LogP contribution < -0.4 is 10.5 Å². The lowest BCUT2D eigenvalue weighted by Crippen LogP contribution is -2.20. The van der Waals surface area contributed by atoms with Crippen LogP contribution in [0.1, 0.15) is 28.0 Å². The average Bonchev–Trinajstić information content (AvgIpc) is 2.25. The smallest absolute Gasteiger partial charge is 0.476 e. The van der Waals surface area contributed by atoms with Gasteiger partial charge in [0.1, 0.15) is 0 Å². The lowest BCUT2D eigenvalue weighted by Gasteiger charge is -2.14. The van der Waals surface area contributed by atoms with Crippen LogP contribution >= 0.6 is 0 Å². The van der Waals surface area contributed by atoms with E-state index in [1.54, 1.807) is 0 Å². The molecule has 0 amide bonds. The number of carboxylic acid groups (broad SMARTS) is 1. The minimum atomic E-state index is -5.17. The van der Waals surface area contributed by atoms with E-state index >= 15 is 0 Å². The molecule has 0 aliphatic heterocycles. The number of aromatic nitrogens is 1. The molecule has 0 saturated heterocycles. The van der Waals surface area contributed by atoms with Gasteiger partial charge in [-0.2, -0.15) is 0 Å². The highest BCUT2D eigenvalue weighted by Crippen LogP contribution is 2.30. The summed E-state index contributed by atoms with van der Waals surface area (Å²) in [6.07, 6.45) is -8.39. The molecule has 0 aromatic carbocycles. The number of alkyl halides is 5. The summed E-state index contributed by atoms with van der Waals surface area (Å²) in [5.74, 6) is -3.06. The maximum Gasteiger partial charge on any atom is 0.574 e. The van der Waals surface area contributed by atoms with Crippen molar-refractivity contribution in [3.63, 3.8) is 0 Å². The van der Waals surface area contributed by atoms with Crippen LogP contribution in [0.5, 0.6) is 5.88 Å². The number of hydrogen-bond acceptors (Lipinski definition) is 4. The van der Waals surface area contributed by atoms with E-state index in [1.165, 1.54) is 0 Å². The van der Waals surface area contributed by atoms with Crippen molar-refractivity contribution >= 4 is 5.97 Å². The van der Waals surface area contributed by atoms with Crippen molar-refractivity contribution < 1.29 is 36.6 Å². The summed E-state index contributed by atoms with van der Waals surface area (Å²) in [5.41, 5.74) is 2.60. The summed E-state index contributed by atoms with van der Waals surface area (Å²) < 4.78 is 64.6. The van der Waals surface area contributed by atoms with E-state index in [9.17, 15) is 26.7 Å². The zero-order valence-electron chi connectivity index (χ0n) is 9.04. The minimum Gasteiger partial charge on any atom is -0.476 e. The van der Waals surface area contributed by atoms with E-state index in [0.29, 0.717) is 6.07 Å². The number of nitrogens with two attached hydrogens (primary N) is 1. The fraction of sp³-hybridized carbons (Fsp3) is 0.333. The van der Waals surface area contributed by atoms with Crippen molar-refractivity contribution in [2.45, 2.75) is 19.3 Å². The molecule has 1 aromatic heterocycles. The lowest BCUT2D eigenvalue weighted by molar-refractivity contribution is -0.276. The first-order valence-corrected chi connectivity index (χ1v) is 4.66. The van der Waals surface area contributed by atoms with Gasteiger partial charge in [0.05, 0.1) is 0 Å². The molecule has 0 saturated carbocycles. The van der Waals surface area contributed by atoms with E-state index < -0.39 is 48.0 Å². The Balaban J connectivity index is 3.41. The van der Waals surface area contributed by atoms with Gasteiger partial charge in [0.25, 0.3) is 6.43 Å². The summed E-state index contributed by atoms with van der Waals surface area (Å²) in [5, 5.41) is 8.73. The van der Waals surface area contributed by atoms with Gasteiger partial charge in [-0.05, 0) is 0 Å². The summed E-state index contributed by atoms with van der Waals surface area (Å²) in [6.45, 7) is -0.611. The molecule has 10 heteroatoms. The molecule has 3 N–H and O–H groups in total. The quantitative estimate of drug-likeness (QED) is 0.828. The third-order valence-corrected chi connectivity index (χ3v) is 2.00. The van der Waals surface area contributed by atoms with Gasteiger partial charge in [-0.1, -0.05) is 0 Å². The zero-order chi connectivity index (χ0) is 14.8. The third kappa shape index (κ3) is 3.74. The summed E-state index contributed by atoms with van der Waals surface area (Å²) in [6, 6.07) is 0.312. The van der Waals surface area contributed by atoms with Crippen molar-refractivity contribution in [3.8, 4) is 5.88 Å². The van der Waals surface area contributed by atoms with Gasteiger partial charge in [-0.3, -0.25) is 0 Å². The summed E-state index contributed by atoms with van der Waals surface area (Å²) in [4.78, 5) is 13.8. The first kappa shape index (κ1) is 15.1. The number of nitrogens with zero attached hydrogens (tertiary/aromatic N) is 1. The molecule has 0 aliphatic rings. The van der Waals surface area contributed by atoms with Crippen molar-refractivity contribution in [2.75, 3.05) is 0 Å². The maximum absolute atomic E-state index is 12.7. The molecule has 106 valence electrons. The van der Waals surface area contributed by atoms with Gasteiger partial charge in [-0.15, -0.1) is 13.2 Å². The largest absolute Gasteiger partial charge is 0.574 e. The van der Waals surface area contributed by atoms with Crippen LogP contribution in [0.25, 0.3) is 0 Å².